The number of sulfonamides is 1. The summed E-state index contributed by atoms with van der Waals surface area (Å²) >= 11 is 0. The van der Waals surface area contributed by atoms with E-state index in [2.05, 4.69) is 30.7 Å². The maximum Gasteiger partial charge on any atom is 0.246 e. The Hall–Kier alpha value is -3.12. The third-order valence-corrected chi connectivity index (χ3v) is 5.81. The molecule has 2 N–H and O–H groups in total. The molecule has 0 aliphatic rings. The molecule has 0 radical (unpaired) electrons. The quantitative estimate of drug-likeness (QED) is 0.615. The number of carbonyl (C=O) groups is 1. The second kappa shape index (κ2) is 7.48. The van der Waals surface area contributed by atoms with Crippen LogP contribution in [0.1, 0.15) is 23.9 Å². The minimum atomic E-state index is -3.95. The number of nitrogens with zero attached hydrogens (tertiary/aromatic N) is 5. The smallest absolute Gasteiger partial charge is 0.246 e. The zero-order valence-electron chi connectivity index (χ0n) is 15.7. The van der Waals surface area contributed by atoms with Gasteiger partial charge >= 0.3 is 0 Å². The van der Waals surface area contributed by atoms with Gasteiger partial charge in [0, 0.05) is 5.69 Å². The van der Waals surface area contributed by atoms with Crippen LogP contribution in [-0.2, 0) is 14.8 Å². The highest BCUT2D eigenvalue weighted by atomic mass is 32.2. The van der Waals surface area contributed by atoms with Crippen molar-refractivity contribution in [3.63, 3.8) is 0 Å². The van der Waals surface area contributed by atoms with Gasteiger partial charge in [0.25, 0.3) is 0 Å². The van der Waals surface area contributed by atoms with Crippen LogP contribution in [0.15, 0.2) is 33.9 Å². The van der Waals surface area contributed by atoms with Crippen LogP contribution in [0.25, 0.3) is 5.69 Å². The number of rotatable bonds is 6. The molecule has 1 atom stereocenters. The molecule has 0 aliphatic carbocycles. The summed E-state index contributed by atoms with van der Waals surface area (Å²) < 4.78 is 33.8. The molecule has 0 aliphatic heterocycles. The lowest BCUT2D eigenvalue weighted by atomic mass is 10.1. The largest absolute Gasteiger partial charge is 0.360 e. The number of tetrazole rings is 1. The Kier molecular flexibility index (Phi) is 5.25. The van der Waals surface area contributed by atoms with Gasteiger partial charge in [-0.2, -0.15) is 4.72 Å². The Bertz CT molecular complexity index is 1090. The first-order chi connectivity index (χ1) is 13.2. The average molecular weight is 405 g/mol. The van der Waals surface area contributed by atoms with Gasteiger partial charge in [-0.15, -0.1) is 5.10 Å². The summed E-state index contributed by atoms with van der Waals surface area (Å²) in [6.07, 6.45) is 1.46. The van der Waals surface area contributed by atoms with E-state index in [0.29, 0.717) is 5.69 Å². The maximum atomic E-state index is 12.5. The number of anilines is 1. The number of benzene rings is 1. The predicted molar refractivity (Wildman–Crippen MR) is 98.3 cm³/mol. The second-order valence-corrected chi connectivity index (χ2v) is 7.89. The molecule has 148 valence electrons. The first kappa shape index (κ1) is 19.6. The second-order valence-electron chi connectivity index (χ2n) is 6.24. The molecule has 3 rings (SSSR count). The molecule has 3 aromatic rings. The summed E-state index contributed by atoms with van der Waals surface area (Å²) in [4.78, 5) is 12.4. The van der Waals surface area contributed by atoms with Crippen molar-refractivity contribution >= 4 is 21.6 Å². The van der Waals surface area contributed by atoms with E-state index >= 15 is 0 Å². The topological polar surface area (TPSA) is 145 Å². The zero-order chi connectivity index (χ0) is 20.5. The van der Waals surface area contributed by atoms with Crippen LogP contribution in [0.4, 0.5) is 5.69 Å². The number of aromatic nitrogens is 5. The van der Waals surface area contributed by atoms with Crippen LogP contribution in [-0.4, -0.2) is 45.7 Å². The van der Waals surface area contributed by atoms with E-state index in [1.54, 1.807) is 18.2 Å². The number of hydrogen-bond acceptors (Lipinski definition) is 8. The van der Waals surface area contributed by atoms with Gasteiger partial charge in [0.15, 0.2) is 5.76 Å². The van der Waals surface area contributed by atoms with Gasteiger partial charge in [-0.1, -0.05) is 5.16 Å². The molecular formula is C16H19N7O4S. The molecule has 0 spiro atoms. The van der Waals surface area contributed by atoms with E-state index in [9.17, 15) is 13.2 Å². The highest BCUT2D eigenvalue weighted by Crippen LogP contribution is 2.20. The Morgan fingerprint density at radius 3 is 2.57 bits per heavy atom. The molecular weight excluding hydrogens is 386 g/mol. The molecule has 1 aromatic carbocycles. The van der Waals surface area contributed by atoms with Crippen molar-refractivity contribution in [2.24, 2.45) is 0 Å². The van der Waals surface area contributed by atoms with Gasteiger partial charge in [-0.3, -0.25) is 4.79 Å². The molecule has 0 saturated carbocycles. The monoisotopic (exact) mass is 405 g/mol. The summed E-state index contributed by atoms with van der Waals surface area (Å²) in [6.45, 7) is 6.31. The number of aryl methyl sites for hydroxylation is 3. The molecule has 12 heteroatoms. The maximum absolute atomic E-state index is 12.5. The van der Waals surface area contributed by atoms with Gasteiger partial charge in [0.1, 0.15) is 16.9 Å². The lowest BCUT2D eigenvalue weighted by Crippen LogP contribution is -2.41. The minimum Gasteiger partial charge on any atom is -0.360 e. The fourth-order valence-corrected chi connectivity index (χ4v) is 4.25. The van der Waals surface area contributed by atoms with Crippen LogP contribution in [0.3, 0.4) is 0 Å². The Balaban J connectivity index is 1.72. The van der Waals surface area contributed by atoms with E-state index in [4.69, 9.17) is 4.52 Å². The third-order valence-electron chi connectivity index (χ3n) is 4.02. The summed E-state index contributed by atoms with van der Waals surface area (Å²) in [6, 6.07) is 4.15. The van der Waals surface area contributed by atoms with Gasteiger partial charge in [0.05, 0.1) is 11.7 Å². The first-order valence-electron chi connectivity index (χ1n) is 8.29. The van der Waals surface area contributed by atoms with E-state index in [-0.39, 0.29) is 16.3 Å². The number of nitrogens with one attached hydrogen (secondary N) is 2. The Labute approximate surface area is 161 Å². The summed E-state index contributed by atoms with van der Waals surface area (Å²) in [5.74, 6) is -0.351. The average Bonchev–Trinajstić information content (AvgIpc) is 3.24. The molecule has 0 fully saturated rings. The highest BCUT2D eigenvalue weighted by Gasteiger charge is 2.28. The van der Waals surface area contributed by atoms with Crippen molar-refractivity contribution in [2.75, 3.05) is 5.32 Å². The fourth-order valence-electron chi connectivity index (χ4n) is 2.72. The van der Waals surface area contributed by atoms with Crippen LogP contribution in [0, 0.1) is 20.8 Å². The molecule has 2 heterocycles. The lowest BCUT2D eigenvalue weighted by molar-refractivity contribution is -0.117. The number of hydrogen-bond donors (Lipinski definition) is 2. The van der Waals surface area contributed by atoms with Crippen molar-refractivity contribution in [3.8, 4) is 5.69 Å². The van der Waals surface area contributed by atoms with Crippen LogP contribution in [0.2, 0.25) is 0 Å². The van der Waals surface area contributed by atoms with Crippen LogP contribution >= 0.6 is 0 Å². The molecule has 11 nitrogen and oxygen atoms in total. The van der Waals surface area contributed by atoms with Crippen LogP contribution in [0.5, 0.6) is 0 Å². The Morgan fingerprint density at radius 2 is 2.00 bits per heavy atom. The molecule has 28 heavy (non-hydrogen) atoms. The van der Waals surface area contributed by atoms with E-state index < -0.39 is 22.0 Å². The van der Waals surface area contributed by atoms with Crippen molar-refractivity contribution in [2.45, 2.75) is 38.6 Å². The van der Waals surface area contributed by atoms with E-state index in [1.807, 2.05) is 6.92 Å². The summed E-state index contributed by atoms with van der Waals surface area (Å²) in [7, 11) is -3.95. The lowest BCUT2D eigenvalue weighted by Gasteiger charge is -2.15. The van der Waals surface area contributed by atoms with Gasteiger partial charge < -0.3 is 9.84 Å². The van der Waals surface area contributed by atoms with Crippen molar-refractivity contribution < 1.29 is 17.7 Å². The van der Waals surface area contributed by atoms with E-state index in [1.165, 1.54) is 31.8 Å². The summed E-state index contributed by atoms with van der Waals surface area (Å²) in [5.41, 5.74) is 2.33. The highest BCUT2D eigenvalue weighted by molar-refractivity contribution is 7.89. The number of carbonyl (C=O) groups excluding carboxylic acids is 1. The standard InChI is InChI=1S/C16H19N7O4S/c1-9-7-13(5-6-14(9)23-8-17-21-22-23)18-16(24)11(3)20-28(25,26)15-10(2)19-27-12(15)4/h5-8,11,20H,1-4H3,(H,18,24)/t11-/m0/s1. The Morgan fingerprint density at radius 1 is 1.25 bits per heavy atom. The summed E-state index contributed by atoms with van der Waals surface area (Å²) in [5, 5.41) is 17.3. The molecule has 0 unspecified atom stereocenters. The van der Waals surface area contributed by atoms with Gasteiger partial charge in [-0.05, 0) is 61.9 Å². The molecule has 2 aromatic heterocycles. The SMILES string of the molecule is Cc1cc(NC(=O)[C@H](C)NS(=O)(=O)c2c(C)noc2C)ccc1-n1cnnn1. The van der Waals surface area contributed by atoms with Gasteiger partial charge in [-0.25, -0.2) is 13.1 Å². The third kappa shape index (κ3) is 3.92. The number of amides is 1. The molecule has 0 bridgehead atoms. The van der Waals surface area contributed by atoms with Crippen molar-refractivity contribution in [1.82, 2.24) is 30.1 Å². The van der Waals surface area contributed by atoms with E-state index in [0.717, 1.165) is 11.3 Å². The van der Waals surface area contributed by atoms with Crippen molar-refractivity contribution in [1.29, 1.82) is 0 Å². The fraction of sp³-hybridized carbons (Fsp3) is 0.312. The zero-order valence-corrected chi connectivity index (χ0v) is 16.5. The van der Waals surface area contributed by atoms with Gasteiger partial charge in [0.2, 0.25) is 15.9 Å². The minimum absolute atomic E-state index is 0.0613. The molecule has 0 saturated heterocycles. The first-order valence-corrected chi connectivity index (χ1v) is 9.77. The molecule has 1 amide bonds. The predicted octanol–water partition coefficient (Wildman–Crippen LogP) is 0.881. The van der Waals surface area contributed by atoms with Crippen LogP contribution < -0.4 is 10.0 Å². The van der Waals surface area contributed by atoms with Crippen molar-refractivity contribution in [3.05, 3.63) is 41.5 Å². The normalized spacial score (nSPS) is 12.7.